The summed E-state index contributed by atoms with van der Waals surface area (Å²) < 4.78 is 10.2. The fraction of sp³-hybridized carbons (Fsp3) is 0.333. The number of hydrogen-bond donors (Lipinski definition) is 1. The molecule has 1 aliphatic carbocycles. The second kappa shape index (κ2) is 7.41. The Morgan fingerprint density at radius 3 is 2.24 bits per heavy atom. The highest BCUT2D eigenvalue weighted by atomic mass is 32.1. The molecule has 0 unspecified atom stereocenters. The first-order chi connectivity index (χ1) is 10.1. The zero-order valence-electron chi connectivity index (χ0n) is 12.8. The van der Waals surface area contributed by atoms with E-state index >= 15 is 0 Å². The predicted octanol–water partition coefficient (Wildman–Crippen LogP) is 4.86. The molecule has 2 nitrogen and oxygen atoms in total. The summed E-state index contributed by atoms with van der Waals surface area (Å²) in [6.07, 6.45) is 2.71. The summed E-state index contributed by atoms with van der Waals surface area (Å²) in [6, 6.07) is 14.2. The van der Waals surface area contributed by atoms with E-state index in [-0.39, 0.29) is 0 Å². The molecule has 0 saturated heterocycles. The van der Waals surface area contributed by atoms with Gasteiger partial charge in [-0.15, -0.1) is 12.6 Å². The van der Waals surface area contributed by atoms with Crippen molar-refractivity contribution in [3.05, 3.63) is 53.6 Å². The average molecular weight is 302 g/mol. The van der Waals surface area contributed by atoms with E-state index < -0.39 is 0 Å². The summed E-state index contributed by atoms with van der Waals surface area (Å²) in [7, 11) is 3.37. The maximum absolute atomic E-state index is 5.13. The molecule has 1 aliphatic rings. The molecule has 3 rings (SSSR count). The second-order valence-electron chi connectivity index (χ2n) is 5.26. The Bertz CT molecular complexity index is 571. The van der Waals surface area contributed by atoms with Gasteiger partial charge in [-0.1, -0.05) is 12.1 Å². The van der Waals surface area contributed by atoms with E-state index in [4.69, 9.17) is 9.47 Å². The second-order valence-corrected chi connectivity index (χ2v) is 5.78. The fourth-order valence-electron chi connectivity index (χ4n) is 2.16. The third kappa shape index (κ3) is 5.01. The zero-order chi connectivity index (χ0) is 15.2. The molecular formula is C18H22O2S. The van der Waals surface area contributed by atoms with Gasteiger partial charge in [-0.3, -0.25) is 0 Å². The average Bonchev–Trinajstić information content (AvgIpc) is 3.31. The first-order valence-electron chi connectivity index (χ1n) is 7.11. The van der Waals surface area contributed by atoms with E-state index in [0.717, 1.165) is 22.3 Å². The van der Waals surface area contributed by atoms with Gasteiger partial charge in [0.1, 0.15) is 11.5 Å². The van der Waals surface area contributed by atoms with Crippen molar-refractivity contribution < 1.29 is 9.47 Å². The molecule has 112 valence electrons. The van der Waals surface area contributed by atoms with Gasteiger partial charge in [0.15, 0.2) is 0 Å². The summed E-state index contributed by atoms with van der Waals surface area (Å²) in [6.45, 7) is 2.02. The lowest BCUT2D eigenvalue weighted by Gasteiger charge is -2.01. The van der Waals surface area contributed by atoms with Gasteiger partial charge in [0, 0.05) is 4.90 Å². The van der Waals surface area contributed by atoms with Gasteiger partial charge in [-0.25, -0.2) is 0 Å². The molecule has 0 aromatic heterocycles. The quantitative estimate of drug-likeness (QED) is 0.816. The van der Waals surface area contributed by atoms with Crippen molar-refractivity contribution in [1.29, 1.82) is 0 Å². The summed E-state index contributed by atoms with van der Waals surface area (Å²) >= 11 is 4.20. The number of benzene rings is 2. The molecule has 1 fully saturated rings. The Kier molecular flexibility index (Phi) is 5.57. The first-order valence-corrected chi connectivity index (χ1v) is 7.55. The Labute approximate surface area is 132 Å². The maximum Gasteiger partial charge on any atom is 0.120 e. The number of aryl methyl sites for hydroxylation is 1. The van der Waals surface area contributed by atoms with Crippen LogP contribution in [0.4, 0.5) is 0 Å². The Hall–Kier alpha value is -1.61. The highest BCUT2D eigenvalue weighted by Gasteiger charge is 2.23. The maximum atomic E-state index is 5.13. The van der Waals surface area contributed by atoms with Crippen molar-refractivity contribution in [2.45, 2.75) is 30.6 Å². The van der Waals surface area contributed by atoms with Crippen LogP contribution in [0.2, 0.25) is 0 Å². The normalized spacial score (nSPS) is 13.1. The Morgan fingerprint density at radius 2 is 1.67 bits per heavy atom. The van der Waals surface area contributed by atoms with Crippen molar-refractivity contribution in [3.63, 3.8) is 0 Å². The molecule has 0 radical (unpaired) electrons. The van der Waals surface area contributed by atoms with Gasteiger partial charge in [0.2, 0.25) is 0 Å². The van der Waals surface area contributed by atoms with Crippen molar-refractivity contribution in [2.75, 3.05) is 14.2 Å². The lowest BCUT2D eigenvalue weighted by atomic mass is 10.1. The molecule has 0 aliphatic heterocycles. The Morgan fingerprint density at radius 1 is 0.952 bits per heavy atom. The smallest absolute Gasteiger partial charge is 0.120 e. The number of hydrogen-bond acceptors (Lipinski definition) is 3. The largest absolute Gasteiger partial charge is 0.497 e. The lowest BCUT2D eigenvalue weighted by molar-refractivity contribution is 0.413. The molecule has 0 atom stereocenters. The van der Waals surface area contributed by atoms with Crippen LogP contribution >= 0.6 is 12.6 Å². The summed E-state index contributed by atoms with van der Waals surface area (Å²) in [5.41, 5.74) is 2.61. The molecule has 1 saturated carbocycles. The van der Waals surface area contributed by atoms with E-state index in [2.05, 4.69) is 30.8 Å². The highest BCUT2D eigenvalue weighted by molar-refractivity contribution is 7.80. The first kappa shape index (κ1) is 15.8. The molecular weight excluding hydrogens is 280 g/mol. The zero-order valence-corrected chi connectivity index (χ0v) is 13.7. The van der Waals surface area contributed by atoms with Crippen molar-refractivity contribution in [1.82, 2.24) is 0 Å². The van der Waals surface area contributed by atoms with Crippen LogP contribution in [0.1, 0.15) is 29.9 Å². The van der Waals surface area contributed by atoms with Gasteiger partial charge in [0.25, 0.3) is 0 Å². The van der Waals surface area contributed by atoms with Gasteiger partial charge < -0.3 is 9.47 Å². The van der Waals surface area contributed by atoms with E-state index in [0.29, 0.717) is 0 Å². The summed E-state index contributed by atoms with van der Waals surface area (Å²) in [4.78, 5) is 0.942. The van der Waals surface area contributed by atoms with Gasteiger partial charge in [0.05, 0.1) is 14.2 Å². The van der Waals surface area contributed by atoms with Crippen LogP contribution in [0.15, 0.2) is 47.4 Å². The molecule has 0 spiro atoms. The van der Waals surface area contributed by atoms with Crippen LogP contribution in [0.25, 0.3) is 0 Å². The topological polar surface area (TPSA) is 18.5 Å². The predicted molar refractivity (Wildman–Crippen MR) is 90.0 cm³/mol. The molecule has 21 heavy (non-hydrogen) atoms. The van der Waals surface area contributed by atoms with E-state index in [1.807, 2.05) is 31.2 Å². The van der Waals surface area contributed by atoms with Crippen molar-refractivity contribution in [2.24, 2.45) is 0 Å². The monoisotopic (exact) mass is 302 g/mol. The van der Waals surface area contributed by atoms with Crippen LogP contribution in [0.5, 0.6) is 11.5 Å². The van der Waals surface area contributed by atoms with Crippen LogP contribution in [-0.4, -0.2) is 14.2 Å². The Balaban J connectivity index is 0.000000155. The van der Waals surface area contributed by atoms with Crippen molar-refractivity contribution in [3.8, 4) is 11.5 Å². The minimum Gasteiger partial charge on any atom is -0.497 e. The number of ether oxygens (including phenoxy) is 2. The molecule has 0 amide bonds. The molecule has 0 N–H and O–H groups in total. The molecule has 0 bridgehead atoms. The lowest BCUT2D eigenvalue weighted by Crippen LogP contribution is -1.84. The molecule has 2 aromatic carbocycles. The molecule has 0 heterocycles. The van der Waals surface area contributed by atoms with Gasteiger partial charge >= 0.3 is 0 Å². The van der Waals surface area contributed by atoms with Crippen molar-refractivity contribution >= 4 is 12.6 Å². The summed E-state index contributed by atoms with van der Waals surface area (Å²) in [5, 5.41) is 0. The molecule has 3 heteroatoms. The summed E-state index contributed by atoms with van der Waals surface area (Å²) in [5.74, 6) is 2.67. The van der Waals surface area contributed by atoms with E-state index in [1.165, 1.54) is 24.0 Å². The number of thiol groups is 1. The van der Waals surface area contributed by atoms with Crippen LogP contribution in [0, 0.1) is 6.92 Å². The van der Waals surface area contributed by atoms with Crippen LogP contribution in [0.3, 0.4) is 0 Å². The third-order valence-electron chi connectivity index (χ3n) is 3.41. The minimum absolute atomic E-state index is 0.824. The van der Waals surface area contributed by atoms with Gasteiger partial charge in [-0.05, 0) is 67.1 Å². The fourth-order valence-corrected chi connectivity index (χ4v) is 2.49. The number of methoxy groups -OCH3 is 2. The van der Waals surface area contributed by atoms with Crippen LogP contribution < -0.4 is 9.47 Å². The highest BCUT2D eigenvalue weighted by Crippen LogP contribution is 2.40. The SMILES string of the molecule is COc1cc(C)cc(S)c1.COc1cccc(C2CC2)c1. The number of rotatable bonds is 3. The minimum atomic E-state index is 0.824. The van der Waals surface area contributed by atoms with E-state index in [1.54, 1.807) is 14.2 Å². The molecule has 2 aromatic rings. The third-order valence-corrected chi connectivity index (χ3v) is 3.67. The van der Waals surface area contributed by atoms with E-state index in [9.17, 15) is 0 Å². The van der Waals surface area contributed by atoms with Gasteiger partial charge in [-0.2, -0.15) is 0 Å². The standard InChI is InChI=1S/C10H12O.C8H10OS/c1-11-10-4-2-3-9(7-10)8-5-6-8;1-6-3-7(9-2)5-8(10)4-6/h2-4,7-8H,5-6H2,1H3;3-5,10H,1-2H3. The van der Waals surface area contributed by atoms with Crippen LogP contribution in [-0.2, 0) is 0 Å².